The van der Waals surface area contributed by atoms with Gasteiger partial charge in [0.05, 0.1) is 31.1 Å². The number of sulfone groups is 1. The molecule has 0 N–H and O–H groups in total. The first-order valence-electron chi connectivity index (χ1n) is 8.03. The zero-order valence-corrected chi connectivity index (χ0v) is 15.2. The lowest BCUT2D eigenvalue weighted by Gasteiger charge is -2.29. The first-order valence-corrected chi connectivity index (χ1v) is 9.57. The van der Waals surface area contributed by atoms with E-state index in [0.717, 1.165) is 0 Å². The number of amides is 1. The molecule has 1 amide bonds. The third-order valence-electron chi connectivity index (χ3n) is 4.92. The summed E-state index contributed by atoms with van der Waals surface area (Å²) in [4.78, 5) is 26.4. The quantitative estimate of drug-likeness (QED) is 0.737. The van der Waals surface area contributed by atoms with Crippen molar-refractivity contribution in [3.05, 3.63) is 30.3 Å². The number of rotatable bonds is 4. The molecule has 136 valence electrons. The number of methoxy groups -OCH3 is 1. The van der Waals surface area contributed by atoms with Gasteiger partial charge in [0.15, 0.2) is 9.84 Å². The van der Waals surface area contributed by atoms with Crippen LogP contribution in [0, 0.1) is 5.92 Å². The standard InChI is InChI=1S/C17H21NO6S/c1-17(2)18-13(10-24-17)12(9-14(19)23-3)15(16(18)20)25(21,22)11-7-5-4-6-8-11/h4-8,12-13,15H,9-10H2,1-3H3/t12?,13?,15-/m0/s1. The highest BCUT2D eigenvalue weighted by Gasteiger charge is 2.61. The van der Waals surface area contributed by atoms with Gasteiger partial charge in [-0.25, -0.2) is 8.42 Å². The molecule has 8 heteroatoms. The SMILES string of the molecule is COC(=O)CC1C2COC(C)(C)N2C(=O)[C@H]1S(=O)(=O)c1ccccc1. The first kappa shape index (κ1) is 17.9. The Labute approximate surface area is 146 Å². The van der Waals surface area contributed by atoms with Crippen LogP contribution in [-0.2, 0) is 28.9 Å². The fraction of sp³-hybridized carbons (Fsp3) is 0.529. The fourth-order valence-electron chi connectivity index (χ4n) is 3.74. The second-order valence-electron chi connectivity index (χ2n) is 6.76. The van der Waals surface area contributed by atoms with E-state index in [4.69, 9.17) is 9.47 Å². The summed E-state index contributed by atoms with van der Waals surface area (Å²) in [7, 11) is -2.69. The molecule has 0 radical (unpaired) electrons. The number of benzene rings is 1. The molecule has 3 atom stereocenters. The van der Waals surface area contributed by atoms with Crippen molar-refractivity contribution in [3.8, 4) is 0 Å². The summed E-state index contributed by atoms with van der Waals surface area (Å²) in [6.07, 6.45) is -0.153. The van der Waals surface area contributed by atoms with Crippen LogP contribution in [0.25, 0.3) is 0 Å². The van der Waals surface area contributed by atoms with Gasteiger partial charge < -0.3 is 14.4 Å². The van der Waals surface area contributed by atoms with E-state index < -0.39 is 44.6 Å². The van der Waals surface area contributed by atoms with Crippen molar-refractivity contribution in [3.63, 3.8) is 0 Å². The van der Waals surface area contributed by atoms with E-state index in [1.165, 1.54) is 24.1 Å². The molecule has 2 fully saturated rings. The third-order valence-corrected chi connectivity index (χ3v) is 7.07. The molecule has 2 heterocycles. The van der Waals surface area contributed by atoms with Crippen LogP contribution < -0.4 is 0 Å². The van der Waals surface area contributed by atoms with E-state index in [-0.39, 0.29) is 17.9 Å². The molecular formula is C17H21NO6S. The number of nitrogens with zero attached hydrogens (tertiary/aromatic N) is 1. The molecule has 0 bridgehead atoms. The van der Waals surface area contributed by atoms with Gasteiger partial charge in [-0.3, -0.25) is 9.59 Å². The van der Waals surface area contributed by atoms with Crippen molar-refractivity contribution in [2.75, 3.05) is 13.7 Å². The summed E-state index contributed by atoms with van der Waals surface area (Å²) >= 11 is 0. The van der Waals surface area contributed by atoms with Crippen LogP contribution in [0.2, 0.25) is 0 Å². The molecule has 7 nitrogen and oxygen atoms in total. The van der Waals surface area contributed by atoms with Crippen LogP contribution in [0.3, 0.4) is 0 Å². The Bertz CT molecular complexity index is 789. The topological polar surface area (TPSA) is 90.0 Å². The number of ether oxygens (including phenoxy) is 2. The van der Waals surface area contributed by atoms with E-state index in [1.807, 2.05) is 0 Å². The van der Waals surface area contributed by atoms with Crippen molar-refractivity contribution in [1.82, 2.24) is 4.90 Å². The Morgan fingerprint density at radius 2 is 1.96 bits per heavy atom. The van der Waals surface area contributed by atoms with Crippen LogP contribution in [-0.4, -0.2) is 55.9 Å². The van der Waals surface area contributed by atoms with E-state index in [0.29, 0.717) is 0 Å². The minimum absolute atomic E-state index is 0.0723. The fourth-order valence-corrected chi connectivity index (χ4v) is 5.68. The zero-order chi connectivity index (χ0) is 18.4. The molecule has 3 rings (SSSR count). The number of hydrogen-bond donors (Lipinski definition) is 0. The van der Waals surface area contributed by atoms with Crippen molar-refractivity contribution < 1.29 is 27.5 Å². The van der Waals surface area contributed by atoms with Gasteiger partial charge in [-0.15, -0.1) is 0 Å². The number of carbonyl (C=O) groups excluding carboxylic acids is 2. The Kier molecular flexibility index (Phi) is 4.36. The maximum atomic E-state index is 13.1. The van der Waals surface area contributed by atoms with Crippen molar-refractivity contribution in [2.45, 2.75) is 42.2 Å². The molecule has 25 heavy (non-hydrogen) atoms. The first-order chi connectivity index (χ1) is 11.7. The van der Waals surface area contributed by atoms with E-state index in [2.05, 4.69) is 0 Å². The second kappa shape index (κ2) is 6.10. The Morgan fingerprint density at radius 1 is 1.32 bits per heavy atom. The second-order valence-corrected chi connectivity index (χ2v) is 8.83. The van der Waals surface area contributed by atoms with E-state index in [1.54, 1.807) is 32.0 Å². The highest BCUT2D eigenvalue weighted by atomic mass is 32.2. The summed E-state index contributed by atoms with van der Waals surface area (Å²) in [6.45, 7) is 3.64. The van der Waals surface area contributed by atoms with Gasteiger partial charge in [0.25, 0.3) is 0 Å². The van der Waals surface area contributed by atoms with Crippen LogP contribution in [0.15, 0.2) is 35.2 Å². The van der Waals surface area contributed by atoms with Gasteiger partial charge in [0.1, 0.15) is 11.0 Å². The molecule has 0 aromatic heterocycles. The number of esters is 1. The average molecular weight is 367 g/mol. The minimum atomic E-state index is -3.94. The number of hydrogen-bond acceptors (Lipinski definition) is 6. The predicted octanol–water partition coefficient (Wildman–Crippen LogP) is 0.985. The highest BCUT2D eigenvalue weighted by Crippen LogP contribution is 2.44. The van der Waals surface area contributed by atoms with Gasteiger partial charge >= 0.3 is 5.97 Å². The molecule has 2 unspecified atom stereocenters. The number of carbonyl (C=O) groups is 2. The van der Waals surface area contributed by atoms with E-state index >= 15 is 0 Å². The molecule has 0 spiro atoms. The highest BCUT2D eigenvalue weighted by molar-refractivity contribution is 7.92. The molecular weight excluding hydrogens is 346 g/mol. The van der Waals surface area contributed by atoms with Gasteiger partial charge in [-0.1, -0.05) is 18.2 Å². The summed E-state index contributed by atoms with van der Waals surface area (Å²) in [5.41, 5.74) is -0.906. The Balaban J connectivity index is 2.06. The lowest BCUT2D eigenvalue weighted by Crippen LogP contribution is -2.46. The normalized spacial score (nSPS) is 28.0. The molecule has 1 aromatic rings. The summed E-state index contributed by atoms with van der Waals surface area (Å²) in [6, 6.07) is 7.37. The molecule has 2 aliphatic heterocycles. The lowest BCUT2D eigenvalue weighted by atomic mass is 9.97. The van der Waals surface area contributed by atoms with Crippen LogP contribution >= 0.6 is 0 Å². The predicted molar refractivity (Wildman–Crippen MR) is 88.2 cm³/mol. The summed E-state index contributed by atoms with van der Waals surface area (Å²) < 4.78 is 36.6. The van der Waals surface area contributed by atoms with Crippen LogP contribution in [0.5, 0.6) is 0 Å². The largest absolute Gasteiger partial charge is 0.469 e. The van der Waals surface area contributed by atoms with Gasteiger partial charge in [-0.2, -0.15) is 0 Å². The number of fused-ring (bicyclic) bond motifs is 1. The summed E-state index contributed by atoms with van der Waals surface area (Å²) in [5, 5.41) is -1.32. The zero-order valence-electron chi connectivity index (χ0n) is 14.3. The van der Waals surface area contributed by atoms with Crippen molar-refractivity contribution in [2.24, 2.45) is 5.92 Å². The molecule has 2 saturated heterocycles. The van der Waals surface area contributed by atoms with Gasteiger partial charge in [0.2, 0.25) is 5.91 Å². The maximum Gasteiger partial charge on any atom is 0.305 e. The molecule has 2 aliphatic rings. The lowest BCUT2D eigenvalue weighted by molar-refractivity contribution is -0.142. The summed E-state index contributed by atoms with van der Waals surface area (Å²) in [5.74, 6) is -1.78. The van der Waals surface area contributed by atoms with Gasteiger partial charge in [0, 0.05) is 5.92 Å². The van der Waals surface area contributed by atoms with Crippen LogP contribution in [0.4, 0.5) is 0 Å². The smallest absolute Gasteiger partial charge is 0.305 e. The van der Waals surface area contributed by atoms with Crippen LogP contribution in [0.1, 0.15) is 20.3 Å². The Morgan fingerprint density at radius 3 is 2.56 bits per heavy atom. The maximum absolute atomic E-state index is 13.1. The third kappa shape index (κ3) is 2.83. The molecule has 0 saturated carbocycles. The van der Waals surface area contributed by atoms with E-state index in [9.17, 15) is 18.0 Å². The average Bonchev–Trinajstić information content (AvgIpc) is 3.04. The molecule has 1 aromatic carbocycles. The van der Waals surface area contributed by atoms with Crippen molar-refractivity contribution in [1.29, 1.82) is 0 Å². The molecule has 0 aliphatic carbocycles. The van der Waals surface area contributed by atoms with Gasteiger partial charge in [-0.05, 0) is 26.0 Å². The monoisotopic (exact) mass is 367 g/mol. The minimum Gasteiger partial charge on any atom is -0.469 e. The Hall–Kier alpha value is -1.93. The van der Waals surface area contributed by atoms with Crippen molar-refractivity contribution >= 4 is 21.7 Å².